The maximum Gasteiger partial charge on any atom is 0.341 e. The second-order valence-corrected chi connectivity index (χ2v) is 7.89. The van der Waals surface area contributed by atoms with Gasteiger partial charge < -0.3 is 19.5 Å². The highest BCUT2D eigenvalue weighted by atomic mass is 32.2. The van der Waals surface area contributed by atoms with Crippen LogP contribution in [0.2, 0.25) is 0 Å². The van der Waals surface area contributed by atoms with Crippen LogP contribution in [-0.4, -0.2) is 46.4 Å². The number of carbonyl (C=O) groups excluding carboxylic acids is 2. The normalized spacial score (nSPS) is 12.2. The van der Waals surface area contributed by atoms with Crippen molar-refractivity contribution in [1.29, 1.82) is 0 Å². The lowest BCUT2D eigenvalue weighted by molar-refractivity contribution is -0.123. The smallest absolute Gasteiger partial charge is 0.341 e. The molecule has 30 heavy (non-hydrogen) atoms. The van der Waals surface area contributed by atoms with Crippen LogP contribution in [-0.2, 0) is 19.4 Å². The van der Waals surface area contributed by atoms with Crippen molar-refractivity contribution in [2.24, 2.45) is 0 Å². The molecule has 11 heteroatoms. The van der Waals surface area contributed by atoms with Crippen LogP contribution in [0, 0.1) is 0 Å². The largest absolute Gasteiger partial charge is 0.497 e. The van der Waals surface area contributed by atoms with E-state index in [1.54, 1.807) is 6.07 Å². The average molecular weight is 443 g/mol. The van der Waals surface area contributed by atoms with Crippen molar-refractivity contribution in [3.63, 3.8) is 0 Å². The zero-order valence-corrected chi connectivity index (χ0v) is 17.0. The molecule has 2 aromatic carbocycles. The van der Waals surface area contributed by atoms with Gasteiger partial charge in [0.25, 0.3) is 5.91 Å². The fourth-order valence-electron chi connectivity index (χ4n) is 2.29. The highest BCUT2D eigenvalue weighted by Gasteiger charge is 2.27. The van der Waals surface area contributed by atoms with Crippen LogP contribution in [0.25, 0.3) is 0 Å². The minimum atomic E-state index is -4.77. The van der Waals surface area contributed by atoms with Gasteiger partial charge in [-0.2, -0.15) is 8.78 Å². The molecule has 0 aliphatic rings. The van der Waals surface area contributed by atoms with E-state index < -0.39 is 38.5 Å². The Bertz CT molecular complexity index is 1000. The van der Waals surface area contributed by atoms with Gasteiger partial charge in [0, 0.05) is 23.9 Å². The molecule has 0 radical (unpaired) electrons. The summed E-state index contributed by atoms with van der Waals surface area (Å²) in [7, 11) is -1.88. The number of hydrogen-bond acceptors (Lipinski definition) is 7. The Morgan fingerprint density at radius 2 is 1.50 bits per heavy atom. The van der Waals surface area contributed by atoms with Gasteiger partial charge in [-0.25, -0.2) is 13.2 Å². The number of carbonyl (C=O) groups is 2. The molecule has 2 rings (SSSR count). The summed E-state index contributed by atoms with van der Waals surface area (Å²) in [6, 6.07) is 8.46. The predicted molar refractivity (Wildman–Crippen MR) is 103 cm³/mol. The van der Waals surface area contributed by atoms with E-state index in [2.05, 4.69) is 5.32 Å². The average Bonchev–Trinajstić information content (AvgIpc) is 2.73. The van der Waals surface area contributed by atoms with Gasteiger partial charge in [0.1, 0.15) is 11.5 Å². The van der Waals surface area contributed by atoms with Crippen LogP contribution in [0.5, 0.6) is 11.5 Å². The van der Waals surface area contributed by atoms with Crippen molar-refractivity contribution in [3.05, 3.63) is 48.0 Å². The summed E-state index contributed by atoms with van der Waals surface area (Å²) in [5, 5.41) is 2.55. The predicted octanol–water partition coefficient (Wildman–Crippen LogP) is 2.88. The van der Waals surface area contributed by atoms with Crippen LogP contribution < -0.4 is 14.8 Å². The summed E-state index contributed by atoms with van der Waals surface area (Å²) in [6.07, 6.45) is -1.21. The fourth-order valence-corrected chi connectivity index (χ4v) is 3.01. The van der Waals surface area contributed by atoms with Crippen molar-refractivity contribution in [3.8, 4) is 11.5 Å². The minimum Gasteiger partial charge on any atom is -0.497 e. The molecular weight excluding hydrogens is 424 g/mol. The second kappa shape index (κ2) is 9.53. The van der Waals surface area contributed by atoms with Crippen LogP contribution >= 0.6 is 0 Å². The lowest BCUT2D eigenvalue weighted by atomic mass is 10.2. The van der Waals surface area contributed by atoms with E-state index in [1.807, 2.05) is 0 Å². The molecular formula is C19H19F2NO7S. The first kappa shape index (κ1) is 23.1. The van der Waals surface area contributed by atoms with E-state index in [0.717, 1.165) is 24.3 Å². The van der Waals surface area contributed by atoms with E-state index in [4.69, 9.17) is 14.2 Å². The lowest BCUT2D eigenvalue weighted by Crippen LogP contribution is -2.30. The molecule has 0 bridgehead atoms. The molecule has 1 unspecified atom stereocenters. The molecule has 0 aliphatic carbocycles. The van der Waals surface area contributed by atoms with E-state index in [0.29, 0.717) is 17.2 Å². The molecule has 8 nitrogen and oxygen atoms in total. The first-order chi connectivity index (χ1) is 14.1. The summed E-state index contributed by atoms with van der Waals surface area (Å²) in [5.41, 5.74) is 0.242. The zero-order chi connectivity index (χ0) is 22.5. The topological polar surface area (TPSA) is 108 Å². The summed E-state index contributed by atoms with van der Waals surface area (Å²) in [6.45, 7) is 1.33. The molecule has 1 N–H and O–H groups in total. The van der Waals surface area contributed by atoms with Crippen molar-refractivity contribution >= 4 is 27.4 Å². The van der Waals surface area contributed by atoms with Gasteiger partial charge in [-0.15, -0.1) is 0 Å². The molecule has 1 amide bonds. The number of anilines is 1. The van der Waals surface area contributed by atoms with Crippen molar-refractivity contribution in [2.45, 2.75) is 23.7 Å². The molecule has 0 heterocycles. The van der Waals surface area contributed by atoms with Crippen molar-refractivity contribution in [1.82, 2.24) is 0 Å². The van der Waals surface area contributed by atoms with Crippen LogP contribution in [0.3, 0.4) is 0 Å². The van der Waals surface area contributed by atoms with Gasteiger partial charge >= 0.3 is 11.7 Å². The Labute approximate surface area is 171 Å². The zero-order valence-electron chi connectivity index (χ0n) is 16.2. The third-order valence-electron chi connectivity index (χ3n) is 3.93. The van der Waals surface area contributed by atoms with Gasteiger partial charge in [-0.05, 0) is 31.2 Å². The Morgan fingerprint density at radius 3 is 1.97 bits per heavy atom. The molecule has 2 aromatic rings. The number of ether oxygens (including phenoxy) is 3. The number of sulfone groups is 1. The van der Waals surface area contributed by atoms with Crippen molar-refractivity contribution < 1.29 is 41.0 Å². The minimum absolute atomic E-state index is 0.106. The Hall–Kier alpha value is -3.21. The highest BCUT2D eigenvalue weighted by molar-refractivity contribution is 7.91. The number of hydrogen-bond donors (Lipinski definition) is 1. The summed E-state index contributed by atoms with van der Waals surface area (Å²) in [4.78, 5) is 23.8. The lowest BCUT2D eigenvalue weighted by Gasteiger charge is -2.15. The Morgan fingerprint density at radius 1 is 0.967 bits per heavy atom. The highest BCUT2D eigenvalue weighted by Crippen LogP contribution is 2.26. The van der Waals surface area contributed by atoms with Gasteiger partial charge in [-0.3, -0.25) is 4.79 Å². The van der Waals surface area contributed by atoms with Crippen molar-refractivity contribution in [2.75, 3.05) is 19.5 Å². The maximum atomic E-state index is 12.6. The Kier molecular flexibility index (Phi) is 7.33. The number of methoxy groups -OCH3 is 2. The second-order valence-electron chi connectivity index (χ2n) is 5.97. The van der Waals surface area contributed by atoms with Gasteiger partial charge in [-0.1, -0.05) is 0 Å². The monoisotopic (exact) mass is 443 g/mol. The number of nitrogens with one attached hydrogen (secondary N) is 1. The van der Waals surface area contributed by atoms with Gasteiger partial charge in [0.2, 0.25) is 9.84 Å². The number of benzene rings is 2. The quantitative estimate of drug-likeness (QED) is 0.625. The molecule has 1 atom stereocenters. The number of amides is 1. The van der Waals surface area contributed by atoms with Crippen LogP contribution in [0.4, 0.5) is 14.5 Å². The number of esters is 1. The summed E-state index contributed by atoms with van der Waals surface area (Å²) in [5.74, 6) is -4.27. The first-order valence-corrected chi connectivity index (χ1v) is 10.00. The number of alkyl halides is 2. The van der Waals surface area contributed by atoms with E-state index in [1.165, 1.54) is 33.3 Å². The molecule has 0 aromatic heterocycles. The summed E-state index contributed by atoms with van der Waals surface area (Å²) >= 11 is 0. The van der Waals surface area contributed by atoms with Gasteiger partial charge in [0.05, 0.1) is 24.7 Å². The molecule has 0 spiro atoms. The van der Waals surface area contributed by atoms with E-state index in [-0.39, 0.29) is 5.56 Å². The van der Waals surface area contributed by atoms with Crippen LogP contribution in [0.15, 0.2) is 47.4 Å². The van der Waals surface area contributed by atoms with E-state index in [9.17, 15) is 26.8 Å². The van der Waals surface area contributed by atoms with E-state index >= 15 is 0 Å². The third-order valence-corrected chi connectivity index (χ3v) is 5.32. The first-order valence-electron chi connectivity index (χ1n) is 8.45. The number of rotatable bonds is 8. The third kappa shape index (κ3) is 5.44. The summed E-state index contributed by atoms with van der Waals surface area (Å²) < 4.78 is 63.2. The maximum absolute atomic E-state index is 12.6. The molecule has 0 saturated carbocycles. The molecule has 0 saturated heterocycles. The number of halogens is 2. The van der Waals surface area contributed by atoms with Crippen LogP contribution in [0.1, 0.15) is 17.3 Å². The molecule has 0 fully saturated rings. The standard InChI is InChI=1S/C19H19F2NO7S/c1-11(17(23)22-13-8-14(27-2)10-15(9-13)28-3)29-18(24)12-4-6-16(7-5-12)30(25,26)19(20)21/h4-11,19H,1-3H3,(H,22,23). The van der Waals surface area contributed by atoms with Gasteiger partial charge in [0.15, 0.2) is 6.10 Å². The molecule has 0 aliphatic heterocycles. The SMILES string of the molecule is COc1cc(NC(=O)C(C)OC(=O)c2ccc(S(=O)(=O)C(F)F)cc2)cc(OC)c1. The molecule has 162 valence electrons. The fraction of sp³-hybridized carbons (Fsp3) is 0.263. The Balaban J connectivity index is 2.06.